The molecule has 1 aromatic rings. The maximum absolute atomic E-state index is 12.4. The Morgan fingerprint density at radius 1 is 1.45 bits per heavy atom. The molecule has 0 spiro atoms. The highest BCUT2D eigenvalue weighted by Crippen LogP contribution is 2.25. The molecule has 0 fully saturated rings. The van der Waals surface area contributed by atoms with E-state index in [4.69, 9.17) is 11.6 Å². The smallest absolute Gasteiger partial charge is 0.197 e. The molecule has 0 aromatic carbocycles. The molecule has 20 heavy (non-hydrogen) atoms. The van der Waals surface area contributed by atoms with Crippen LogP contribution in [-0.4, -0.2) is 25.0 Å². The Hall–Kier alpha value is -1.12. The summed E-state index contributed by atoms with van der Waals surface area (Å²) in [5.41, 5.74) is 2.00. The van der Waals surface area contributed by atoms with Crippen LogP contribution in [0.1, 0.15) is 36.6 Å². The Morgan fingerprint density at radius 2 is 2.15 bits per heavy atom. The number of alkyl halides is 1. The van der Waals surface area contributed by atoms with Crippen molar-refractivity contribution in [3.63, 3.8) is 0 Å². The molecule has 1 atom stereocenters. The molecule has 6 heteroatoms. The average Bonchev–Trinajstić information content (AvgIpc) is 2.45. The number of nitriles is 1. The minimum absolute atomic E-state index is 0.0717. The monoisotopic (exact) mass is 312 g/mol. The first kappa shape index (κ1) is 15.3. The van der Waals surface area contributed by atoms with E-state index < -0.39 is 9.84 Å². The van der Waals surface area contributed by atoms with Crippen molar-refractivity contribution in [1.82, 2.24) is 4.98 Å². The third-order valence-corrected chi connectivity index (χ3v) is 5.88. The van der Waals surface area contributed by atoms with Gasteiger partial charge in [0.2, 0.25) is 0 Å². The number of aromatic nitrogens is 1. The lowest BCUT2D eigenvalue weighted by atomic mass is 9.95. The minimum atomic E-state index is -3.57. The van der Waals surface area contributed by atoms with E-state index in [1.807, 2.05) is 6.07 Å². The lowest BCUT2D eigenvalue weighted by Gasteiger charge is -2.17. The van der Waals surface area contributed by atoms with E-state index in [9.17, 15) is 13.7 Å². The van der Waals surface area contributed by atoms with Crippen LogP contribution in [0, 0.1) is 17.2 Å². The molecule has 1 aliphatic carbocycles. The Kier molecular flexibility index (Phi) is 4.66. The zero-order chi connectivity index (χ0) is 14.8. The summed E-state index contributed by atoms with van der Waals surface area (Å²) in [6, 6.07) is 3.66. The second-order valence-electron chi connectivity index (χ2n) is 5.31. The van der Waals surface area contributed by atoms with Gasteiger partial charge in [-0.15, -0.1) is 11.6 Å². The number of fused-ring (bicyclic) bond motifs is 1. The van der Waals surface area contributed by atoms with Crippen LogP contribution in [0.5, 0.6) is 0 Å². The predicted octanol–water partition coefficient (Wildman–Crippen LogP) is 2.48. The summed E-state index contributed by atoms with van der Waals surface area (Å²) in [7, 11) is -3.57. The molecular weight excluding hydrogens is 296 g/mol. The van der Waals surface area contributed by atoms with Crippen LogP contribution in [0.2, 0.25) is 0 Å². The fourth-order valence-electron chi connectivity index (χ4n) is 2.43. The fraction of sp³-hybridized carbons (Fsp3) is 0.571. The number of rotatable bonds is 4. The maximum Gasteiger partial charge on any atom is 0.197 e. The Morgan fingerprint density at radius 3 is 2.80 bits per heavy atom. The van der Waals surface area contributed by atoms with Gasteiger partial charge in [-0.3, -0.25) is 0 Å². The average molecular weight is 313 g/mol. The Balaban J connectivity index is 2.48. The third kappa shape index (κ3) is 3.13. The van der Waals surface area contributed by atoms with Crippen molar-refractivity contribution in [2.45, 2.75) is 37.6 Å². The first-order valence-corrected chi connectivity index (χ1v) is 8.88. The van der Waals surface area contributed by atoms with E-state index in [1.165, 1.54) is 0 Å². The van der Waals surface area contributed by atoms with Gasteiger partial charge in [-0.1, -0.05) is 6.92 Å². The van der Waals surface area contributed by atoms with Gasteiger partial charge >= 0.3 is 0 Å². The van der Waals surface area contributed by atoms with Crippen molar-refractivity contribution >= 4 is 21.4 Å². The molecule has 2 rings (SSSR count). The summed E-state index contributed by atoms with van der Waals surface area (Å²) in [6.45, 7) is 1.77. The highest BCUT2D eigenvalue weighted by molar-refractivity contribution is 7.91. The zero-order valence-electron chi connectivity index (χ0n) is 11.4. The molecule has 0 bridgehead atoms. The summed E-state index contributed by atoms with van der Waals surface area (Å²) in [4.78, 5) is 4.29. The summed E-state index contributed by atoms with van der Waals surface area (Å²) in [5, 5.41) is 9.12. The summed E-state index contributed by atoms with van der Waals surface area (Å²) < 4.78 is 24.8. The second kappa shape index (κ2) is 6.11. The molecule has 0 saturated heterocycles. The third-order valence-electron chi connectivity index (χ3n) is 3.45. The van der Waals surface area contributed by atoms with Crippen LogP contribution < -0.4 is 0 Å². The quantitative estimate of drug-likeness (QED) is 0.801. The SMILES string of the molecule is CC(CCl)CS(=O)(=O)c1nc2c(cc1C#N)CCCC2. The normalized spacial score (nSPS) is 16.2. The van der Waals surface area contributed by atoms with Crippen molar-refractivity contribution in [3.8, 4) is 6.07 Å². The molecule has 0 N–H and O–H groups in total. The van der Waals surface area contributed by atoms with Gasteiger partial charge in [0.15, 0.2) is 14.9 Å². The Labute approximate surface area is 124 Å². The largest absolute Gasteiger partial charge is 0.240 e. The molecule has 0 saturated carbocycles. The van der Waals surface area contributed by atoms with Gasteiger partial charge in [0.05, 0.1) is 11.3 Å². The molecule has 0 amide bonds. The van der Waals surface area contributed by atoms with E-state index in [-0.39, 0.29) is 28.1 Å². The van der Waals surface area contributed by atoms with E-state index in [2.05, 4.69) is 4.98 Å². The summed E-state index contributed by atoms with van der Waals surface area (Å²) in [6.07, 6.45) is 3.74. The van der Waals surface area contributed by atoms with Crippen LogP contribution in [0.25, 0.3) is 0 Å². The number of aryl methyl sites for hydroxylation is 2. The van der Waals surface area contributed by atoms with Crippen molar-refractivity contribution in [2.75, 3.05) is 11.6 Å². The van der Waals surface area contributed by atoms with Crippen molar-refractivity contribution in [2.24, 2.45) is 5.92 Å². The van der Waals surface area contributed by atoms with Gasteiger partial charge in [-0.05, 0) is 43.2 Å². The number of pyridine rings is 1. The van der Waals surface area contributed by atoms with Gasteiger partial charge in [-0.25, -0.2) is 13.4 Å². The number of hydrogen-bond donors (Lipinski definition) is 0. The van der Waals surface area contributed by atoms with E-state index in [0.717, 1.165) is 36.9 Å². The Bertz CT molecular complexity index is 650. The molecule has 1 unspecified atom stereocenters. The van der Waals surface area contributed by atoms with Crippen LogP contribution in [0.3, 0.4) is 0 Å². The molecule has 0 radical (unpaired) electrons. The van der Waals surface area contributed by atoms with Crippen molar-refractivity contribution < 1.29 is 8.42 Å². The number of halogens is 1. The molecule has 108 valence electrons. The molecule has 1 aromatic heterocycles. The summed E-state index contributed by atoms with van der Waals surface area (Å²) >= 11 is 5.68. The van der Waals surface area contributed by atoms with Gasteiger partial charge in [0, 0.05) is 11.6 Å². The van der Waals surface area contributed by atoms with Gasteiger partial charge < -0.3 is 0 Å². The lowest BCUT2D eigenvalue weighted by Crippen LogP contribution is -2.19. The fourth-order valence-corrected chi connectivity index (χ4v) is 4.38. The van der Waals surface area contributed by atoms with Gasteiger partial charge in [0.25, 0.3) is 0 Å². The molecule has 0 aliphatic heterocycles. The molecule has 1 heterocycles. The van der Waals surface area contributed by atoms with Crippen LogP contribution in [0.4, 0.5) is 0 Å². The van der Waals surface area contributed by atoms with Crippen molar-refractivity contribution in [1.29, 1.82) is 5.26 Å². The first-order valence-electron chi connectivity index (χ1n) is 6.69. The molecule has 1 aliphatic rings. The molecule has 4 nitrogen and oxygen atoms in total. The topological polar surface area (TPSA) is 70.8 Å². The van der Waals surface area contributed by atoms with Crippen LogP contribution >= 0.6 is 11.6 Å². The summed E-state index contributed by atoms with van der Waals surface area (Å²) in [5.74, 6) is 0.0364. The van der Waals surface area contributed by atoms with E-state index in [1.54, 1.807) is 13.0 Å². The standard InChI is InChI=1S/C14H17ClN2O2S/c1-10(7-15)9-20(18,19)14-12(8-16)6-11-4-2-3-5-13(11)17-14/h6,10H,2-5,7,9H2,1H3. The maximum atomic E-state index is 12.4. The van der Waals surface area contributed by atoms with Crippen LogP contribution in [-0.2, 0) is 22.7 Å². The predicted molar refractivity (Wildman–Crippen MR) is 77.5 cm³/mol. The number of hydrogen-bond acceptors (Lipinski definition) is 4. The second-order valence-corrected chi connectivity index (χ2v) is 7.56. The molecular formula is C14H17ClN2O2S. The van der Waals surface area contributed by atoms with E-state index in [0.29, 0.717) is 0 Å². The highest BCUT2D eigenvalue weighted by atomic mass is 35.5. The lowest BCUT2D eigenvalue weighted by molar-refractivity contribution is 0.576. The number of nitrogens with zero attached hydrogens (tertiary/aromatic N) is 2. The van der Waals surface area contributed by atoms with Gasteiger partial charge in [0.1, 0.15) is 6.07 Å². The number of sulfone groups is 1. The first-order chi connectivity index (χ1) is 9.47. The van der Waals surface area contributed by atoms with E-state index >= 15 is 0 Å². The minimum Gasteiger partial charge on any atom is -0.240 e. The van der Waals surface area contributed by atoms with Crippen molar-refractivity contribution in [3.05, 3.63) is 22.9 Å². The van der Waals surface area contributed by atoms with Gasteiger partial charge in [-0.2, -0.15) is 5.26 Å². The van der Waals surface area contributed by atoms with Crippen LogP contribution in [0.15, 0.2) is 11.1 Å². The highest BCUT2D eigenvalue weighted by Gasteiger charge is 2.26. The zero-order valence-corrected chi connectivity index (χ0v) is 13.0.